The summed E-state index contributed by atoms with van der Waals surface area (Å²) in [6.45, 7) is 0.356. The van der Waals surface area contributed by atoms with Gasteiger partial charge in [-0.15, -0.1) is 0 Å². The Morgan fingerprint density at radius 1 is 1.71 bits per heavy atom. The molecule has 2 N–H and O–H groups in total. The highest BCUT2D eigenvalue weighted by molar-refractivity contribution is 5.76. The lowest BCUT2D eigenvalue weighted by Gasteiger charge is -2.09. The molecule has 1 aromatic rings. The fraction of sp³-hybridized carbons (Fsp3) is 0.333. The number of carbonyl (C=O) groups excluding carboxylic acids is 1. The van der Waals surface area contributed by atoms with Gasteiger partial charge in [0.1, 0.15) is 6.61 Å². The third kappa shape index (κ3) is 3.51. The summed E-state index contributed by atoms with van der Waals surface area (Å²) in [4.78, 5) is 14.9. The molecule has 0 aliphatic heterocycles. The van der Waals surface area contributed by atoms with Gasteiger partial charge in [-0.25, -0.2) is 5.84 Å². The number of likely N-dealkylation sites (N-methyl/N-ethyl adjacent to an activating group) is 1. The van der Waals surface area contributed by atoms with E-state index in [1.54, 1.807) is 12.4 Å². The number of ether oxygens (including phenoxy) is 1. The van der Waals surface area contributed by atoms with Crippen LogP contribution in [0.15, 0.2) is 24.5 Å². The fourth-order valence-electron chi connectivity index (χ4n) is 0.842. The quantitative estimate of drug-likeness (QED) is 0.415. The molecular formula is C9H13N3O2. The number of hydrazine groups is 1. The van der Waals surface area contributed by atoms with Crippen LogP contribution in [0.3, 0.4) is 0 Å². The molecule has 5 heteroatoms. The van der Waals surface area contributed by atoms with Crippen LogP contribution in [0.25, 0.3) is 0 Å². The zero-order valence-corrected chi connectivity index (χ0v) is 8.01. The molecule has 0 aliphatic carbocycles. The van der Waals surface area contributed by atoms with Crippen LogP contribution in [0.4, 0.5) is 0 Å². The Hall–Kier alpha value is -1.46. The number of nitrogens with two attached hydrogens (primary N) is 1. The van der Waals surface area contributed by atoms with E-state index in [0.717, 1.165) is 10.6 Å². The zero-order valence-electron chi connectivity index (χ0n) is 8.01. The number of rotatable bonds is 4. The van der Waals surface area contributed by atoms with Gasteiger partial charge in [0.05, 0.1) is 6.61 Å². The van der Waals surface area contributed by atoms with Gasteiger partial charge in [0, 0.05) is 19.4 Å². The predicted molar refractivity (Wildman–Crippen MR) is 50.9 cm³/mol. The minimum Gasteiger partial charge on any atom is -0.367 e. The second kappa shape index (κ2) is 5.31. The zero-order chi connectivity index (χ0) is 10.4. The van der Waals surface area contributed by atoms with Gasteiger partial charge in [0.15, 0.2) is 0 Å². The number of carbonyl (C=O) groups is 1. The van der Waals surface area contributed by atoms with Gasteiger partial charge in [0.25, 0.3) is 5.91 Å². The van der Waals surface area contributed by atoms with Gasteiger partial charge in [-0.3, -0.25) is 14.8 Å². The van der Waals surface area contributed by atoms with Crippen LogP contribution in [-0.4, -0.2) is 29.6 Å². The summed E-state index contributed by atoms with van der Waals surface area (Å²) in [7, 11) is 1.48. The van der Waals surface area contributed by atoms with E-state index >= 15 is 0 Å². The fourth-order valence-corrected chi connectivity index (χ4v) is 0.842. The summed E-state index contributed by atoms with van der Waals surface area (Å²) in [6.07, 6.45) is 3.37. The number of hydrogen-bond donors (Lipinski definition) is 1. The minimum atomic E-state index is -0.256. The Kier molecular flexibility index (Phi) is 4.03. The molecule has 0 unspecified atom stereocenters. The molecule has 1 heterocycles. The van der Waals surface area contributed by atoms with Crippen molar-refractivity contribution in [1.29, 1.82) is 0 Å². The van der Waals surface area contributed by atoms with E-state index in [1.165, 1.54) is 7.05 Å². The van der Waals surface area contributed by atoms with Crippen molar-refractivity contribution in [1.82, 2.24) is 9.99 Å². The summed E-state index contributed by atoms with van der Waals surface area (Å²) in [6, 6.07) is 3.69. The third-order valence-electron chi connectivity index (χ3n) is 1.61. The Morgan fingerprint density at radius 2 is 2.50 bits per heavy atom. The Bertz CT molecular complexity index is 287. The maximum atomic E-state index is 11.0. The Balaban J connectivity index is 2.26. The van der Waals surface area contributed by atoms with Crippen LogP contribution >= 0.6 is 0 Å². The maximum absolute atomic E-state index is 11.0. The number of hydrogen-bond acceptors (Lipinski definition) is 4. The molecule has 0 aliphatic rings. The standard InChI is InChI=1S/C9H13N3O2/c1-12(10)9(13)7-14-6-8-3-2-4-11-5-8/h2-5H,6-7,10H2,1H3. The van der Waals surface area contributed by atoms with Gasteiger partial charge >= 0.3 is 0 Å². The van der Waals surface area contributed by atoms with Crippen molar-refractivity contribution < 1.29 is 9.53 Å². The molecule has 1 aromatic heterocycles. The number of nitrogens with zero attached hydrogens (tertiary/aromatic N) is 2. The molecule has 0 spiro atoms. The predicted octanol–water partition coefficient (Wildman–Crippen LogP) is -0.0697. The number of amides is 1. The minimum absolute atomic E-state index is 0.0120. The van der Waals surface area contributed by atoms with E-state index in [0.29, 0.717) is 6.61 Å². The molecule has 1 amide bonds. The lowest BCUT2D eigenvalue weighted by molar-refractivity contribution is -0.135. The van der Waals surface area contributed by atoms with Crippen LogP contribution in [0.2, 0.25) is 0 Å². The molecule has 0 bridgehead atoms. The summed E-state index contributed by atoms with van der Waals surface area (Å²) in [5, 5.41) is 1.00. The van der Waals surface area contributed by atoms with Crippen molar-refractivity contribution in [2.45, 2.75) is 6.61 Å². The van der Waals surface area contributed by atoms with Crippen molar-refractivity contribution in [2.24, 2.45) is 5.84 Å². The van der Waals surface area contributed by atoms with E-state index in [2.05, 4.69) is 4.98 Å². The second-order valence-corrected chi connectivity index (χ2v) is 2.86. The third-order valence-corrected chi connectivity index (χ3v) is 1.61. The van der Waals surface area contributed by atoms with Gasteiger partial charge in [0.2, 0.25) is 0 Å². The first-order valence-electron chi connectivity index (χ1n) is 4.18. The first-order chi connectivity index (χ1) is 6.70. The lowest BCUT2D eigenvalue weighted by atomic mass is 10.3. The highest BCUT2D eigenvalue weighted by Gasteiger charge is 2.03. The first kappa shape index (κ1) is 10.6. The first-order valence-corrected chi connectivity index (χ1v) is 4.18. The van der Waals surface area contributed by atoms with Gasteiger partial charge in [-0.05, 0) is 11.6 Å². The average molecular weight is 195 g/mol. The molecule has 1 rings (SSSR count). The summed E-state index contributed by atoms with van der Waals surface area (Å²) < 4.78 is 5.13. The van der Waals surface area contributed by atoms with E-state index in [1.807, 2.05) is 12.1 Å². The van der Waals surface area contributed by atoms with Crippen LogP contribution in [-0.2, 0) is 16.1 Å². The molecule has 0 aromatic carbocycles. The molecule has 5 nitrogen and oxygen atoms in total. The van der Waals surface area contributed by atoms with Crippen molar-refractivity contribution in [2.75, 3.05) is 13.7 Å². The molecule has 0 radical (unpaired) electrons. The molecule has 0 atom stereocenters. The molecule has 0 saturated carbocycles. The molecule has 0 saturated heterocycles. The van der Waals surface area contributed by atoms with E-state index in [9.17, 15) is 4.79 Å². The highest BCUT2D eigenvalue weighted by atomic mass is 16.5. The van der Waals surface area contributed by atoms with Crippen LogP contribution in [0.5, 0.6) is 0 Å². The van der Waals surface area contributed by atoms with E-state index < -0.39 is 0 Å². The normalized spacial score (nSPS) is 9.86. The number of aromatic nitrogens is 1. The summed E-state index contributed by atoms with van der Waals surface area (Å²) in [5.74, 6) is 4.95. The molecule has 0 fully saturated rings. The molecular weight excluding hydrogens is 182 g/mol. The average Bonchev–Trinajstić information content (AvgIpc) is 2.19. The van der Waals surface area contributed by atoms with Gasteiger partial charge in [-0.2, -0.15) is 0 Å². The SMILES string of the molecule is CN(N)C(=O)COCc1cccnc1. The Labute approximate surface area is 82.5 Å². The molecule has 76 valence electrons. The van der Waals surface area contributed by atoms with Crippen LogP contribution in [0, 0.1) is 0 Å². The van der Waals surface area contributed by atoms with Crippen molar-refractivity contribution in [3.05, 3.63) is 30.1 Å². The lowest BCUT2D eigenvalue weighted by Crippen LogP contribution is -2.35. The topological polar surface area (TPSA) is 68.5 Å². The van der Waals surface area contributed by atoms with E-state index in [4.69, 9.17) is 10.6 Å². The largest absolute Gasteiger partial charge is 0.367 e. The van der Waals surface area contributed by atoms with Crippen LogP contribution < -0.4 is 5.84 Å². The van der Waals surface area contributed by atoms with Crippen LogP contribution in [0.1, 0.15) is 5.56 Å². The monoisotopic (exact) mass is 195 g/mol. The summed E-state index contributed by atoms with van der Waals surface area (Å²) >= 11 is 0. The smallest absolute Gasteiger partial charge is 0.262 e. The summed E-state index contributed by atoms with van der Waals surface area (Å²) in [5.41, 5.74) is 0.931. The van der Waals surface area contributed by atoms with E-state index in [-0.39, 0.29) is 12.5 Å². The van der Waals surface area contributed by atoms with Gasteiger partial charge < -0.3 is 4.74 Å². The Morgan fingerprint density at radius 3 is 3.07 bits per heavy atom. The van der Waals surface area contributed by atoms with Crippen molar-refractivity contribution in [3.63, 3.8) is 0 Å². The maximum Gasteiger partial charge on any atom is 0.262 e. The van der Waals surface area contributed by atoms with Crippen molar-refractivity contribution in [3.8, 4) is 0 Å². The molecule has 14 heavy (non-hydrogen) atoms. The van der Waals surface area contributed by atoms with Gasteiger partial charge in [-0.1, -0.05) is 6.07 Å². The number of pyridine rings is 1. The highest BCUT2D eigenvalue weighted by Crippen LogP contribution is 1.97. The second-order valence-electron chi connectivity index (χ2n) is 2.86. The van der Waals surface area contributed by atoms with Crippen molar-refractivity contribution >= 4 is 5.91 Å².